The number of aromatic nitrogens is 4. The number of aliphatic carboxylic acids is 1. The van der Waals surface area contributed by atoms with Gasteiger partial charge in [-0.25, -0.2) is 4.98 Å². The smallest absolute Gasteiger partial charge is 0.325 e. The number of hydrogen-bond donors (Lipinski definition) is 17. The van der Waals surface area contributed by atoms with Gasteiger partial charge in [0.2, 0.25) is 65.0 Å². The van der Waals surface area contributed by atoms with Crippen LogP contribution in [0.1, 0.15) is 80.8 Å². The van der Waals surface area contributed by atoms with E-state index < -0.39 is 144 Å². The first-order valence-electron chi connectivity index (χ1n) is 33.6. The zero-order valence-corrected chi connectivity index (χ0v) is 58.4. The maximum Gasteiger partial charge on any atom is 0.325 e. The van der Waals surface area contributed by atoms with Gasteiger partial charge in [0.25, 0.3) is 0 Å². The molecule has 102 heavy (non-hydrogen) atoms. The van der Waals surface area contributed by atoms with Crippen LogP contribution >= 0.6 is 25.3 Å². The molecule has 8 rings (SSSR count). The van der Waals surface area contributed by atoms with E-state index in [0.717, 1.165) is 27.4 Å². The van der Waals surface area contributed by atoms with Crippen LogP contribution in [0.4, 0.5) is 0 Å². The number of imidazole rings is 1. The minimum atomic E-state index is -1.53. The molecule has 0 bridgehead atoms. The number of H-pyrrole nitrogens is 3. The lowest BCUT2D eigenvalue weighted by Gasteiger charge is -2.31. The molecule has 1 aliphatic heterocycles. The molecule has 7 aromatic rings. The van der Waals surface area contributed by atoms with Crippen LogP contribution in [0.5, 0.6) is 0 Å². The Kier molecular flexibility index (Phi) is 28.2. The summed E-state index contributed by atoms with van der Waals surface area (Å²) in [7, 11) is 0. The van der Waals surface area contributed by atoms with Crippen LogP contribution in [0.15, 0.2) is 134 Å². The van der Waals surface area contributed by atoms with Gasteiger partial charge in [-0.3, -0.25) is 57.5 Å². The highest BCUT2D eigenvalue weighted by atomic mass is 32.1. The molecule has 0 unspecified atom stereocenters. The maximum atomic E-state index is 15.6. The lowest BCUT2D eigenvalue weighted by molar-refractivity contribution is -0.142. The van der Waals surface area contributed by atoms with E-state index in [2.05, 4.69) is 93.0 Å². The molecule has 31 heteroatoms. The highest BCUT2D eigenvalue weighted by Gasteiger charge is 2.42. The van der Waals surface area contributed by atoms with Crippen molar-refractivity contribution in [3.05, 3.63) is 162 Å². The van der Waals surface area contributed by atoms with E-state index in [1.807, 2.05) is 92.7 Å². The predicted octanol–water partition coefficient (Wildman–Crippen LogP) is 0.843. The summed E-state index contributed by atoms with van der Waals surface area (Å²) in [5, 5.41) is 35.0. The molecular formula is C71H88N16O13S2. The largest absolute Gasteiger partial charge is 0.480 e. The summed E-state index contributed by atoms with van der Waals surface area (Å²) >= 11 is 8.51. The first kappa shape index (κ1) is 77.2. The quantitative estimate of drug-likeness (QED) is 0.0240. The minimum Gasteiger partial charge on any atom is -0.480 e. The summed E-state index contributed by atoms with van der Waals surface area (Å²) in [5.74, 6) is -10.9. The Morgan fingerprint density at radius 1 is 0.529 bits per heavy atom. The van der Waals surface area contributed by atoms with E-state index >= 15 is 14.4 Å². The molecule has 17 N–H and O–H groups in total. The van der Waals surface area contributed by atoms with Gasteiger partial charge in [0.15, 0.2) is 0 Å². The highest BCUT2D eigenvalue weighted by Crippen LogP contribution is 2.25. The van der Waals surface area contributed by atoms with Crippen LogP contribution in [0.2, 0.25) is 0 Å². The number of rotatable bonds is 37. The molecule has 4 heterocycles. The Bertz CT molecular complexity index is 4080. The second kappa shape index (κ2) is 37.2. The second-order valence-electron chi connectivity index (χ2n) is 25.6. The number of carbonyl (C=O) groups is 12. The van der Waals surface area contributed by atoms with Gasteiger partial charge in [-0.2, -0.15) is 25.3 Å². The van der Waals surface area contributed by atoms with Crippen molar-refractivity contribution in [2.45, 2.75) is 151 Å². The van der Waals surface area contributed by atoms with Gasteiger partial charge in [0.05, 0.1) is 12.4 Å². The Morgan fingerprint density at radius 3 is 1.52 bits per heavy atom. The van der Waals surface area contributed by atoms with Crippen LogP contribution < -0.4 is 59.3 Å². The number of nitrogens with one attached hydrogen (secondary N) is 12. The molecule has 29 nitrogen and oxygen atoms in total. The van der Waals surface area contributed by atoms with Crippen molar-refractivity contribution < 1.29 is 62.6 Å². The number of para-hydroxylation sites is 2. The summed E-state index contributed by atoms with van der Waals surface area (Å²) < 4.78 is 0. The molecule has 0 saturated carbocycles. The van der Waals surface area contributed by atoms with Crippen LogP contribution in [0.3, 0.4) is 0 Å². The second-order valence-corrected chi connectivity index (χ2v) is 26.4. The molecule has 4 aromatic carbocycles. The van der Waals surface area contributed by atoms with E-state index in [1.54, 1.807) is 42.7 Å². The van der Waals surface area contributed by atoms with E-state index in [-0.39, 0.29) is 75.3 Å². The third-order valence-electron chi connectivity index (χ3n) is 17.5. The molecule has 11 atom stereocenters. The Labute approximate surface area is 599 Å². The van der Waals surface area contributed by atoms with E-state index in [1.165, 1.54) is 24.3 Å². The van der Waals surface area contributed by atoms with Gasteiger partial charge < -0.3 is 84.3 Å². The number of carbonyl (C=O) groups excluding carboxylic acids is 11. The number of likely N-dealkylation sites (tertiary alicyclic amines) is 1. The fraction of sp³-hybridized carbons (Fsp3) is 0.394. The van der Waals surface area contributed by atoms with Crippen molar-refractivity contribution in [3.63, 3.8) is 0 Å². The Balaban J connectivity index is 1.06. The van der Waals surface area contributed by atoms with E-state index in [9.17, 15) is 48.3 Å². The summed E-state index contributed by atoms with van der Waals surface area (Å²) in [4.78, 5) is 183. The molecule has 3 aromatic heterocycles. The molecule has 11 amide bonds. The van der Waals surface area contributed by atoms with Crippen molar-refractivity contribution in [2.75, 3.05) is 18.1 Å². The summed E-state index contributed by atoms with van der Waals surface area (Å²) in [6, 6.07) is 17.4. The molecule has 1 saturated heterocycles. The van der Waals surface area contributed by atoms with Gasteiger partial charge in [0, 0.05) is 96.2 Å². The zero-order valence-electron chi connectivity index (χ0n) is 56.6. The standard InChI is InChI=1S/C71H88N16O13S2/c1-39(2)27-52(80-66(94)55(32-45-35-74-38-77-45)82-68(96)58(37-102)85-61(89)48(72)28-41-15-6-4-7-16-41)63(91)81-54(30-43-33-75-49-21-12-10-19-46(43)49)65(93)84-56(31-44-34-76-50-22-13-11-20-47(44)50)70(98)87-26-14-23-59(87)69(97)83-53(29-42-17-8-5-9-18-42)64(92)79-51(24-25-60(73)88)62(90)86-57(36-101)67(95)78-40(3)71(99)100/h4-13,15-22,33-35,38-40,48,51-59,75-76,101-102H,14,23-32,36-37,72H2,1-3H3,(H2,73,88)(H,74,77)(H,78,95)(H,79,92)(H,80,94)(H,81,91)(H,82,96)(H,83,97)(H,84,93)(H,85,89)(H,86,90)(H,99,100)/t40-,48-,51-,52-,53-,54-,55-,56-,57-,58-,59-/m0/s1. The normalized spacial score (nSPS) is 15.8. The number of carboxylic acids is 1. The van der Waals surface area contributed by atoms with Crippen LogP contribution in [-0.4, -0.2) is 185 Å². The number of fused-ring (bicyclic) bond motifs is 2. The third-order valence-corrected chi connectivity index (χ3v) is 18.2. The summed E-state index contributed by atoms with van der Waals surface area (Å²) in [6.07, 6.45) is 5.53. The van der Waals surface area contributed by atoms with Crippen LogP contribution in [0.25, 0.3) is 21.8 Å². The number of nitrogens with two attached hydrogens (primary N) is 2. The molecular weight excluding hydrogens is 1350 g/mol. The number of primary amides is 1. The molecule has 1 aliphatic rings. The number of nitrogens with zero attached hydrogens (tertiary/aromatic N) is 2. The van der Waals surface area contributed by atoms with Gasteiger partial charge in [-0.1, -0.05) is 111 Å². The van der Waals surface area contributed by atoms with Crippen LogP contribution in [-0.2, 0) is 89.6 Å². The van der Waals surface area contributed by atoms with Crippen molar-refractivity contribution in [1.29, 1.82) is 0 Å². The average molecular weight is 1440 g/mol. The fourth-order valence-corrected chi connectivity index (χ4v) is 12.5. The van der Waals surface area contributed by atoms with Crippen molar-refractivity contribution in [3.8, 4) is 0 Å². The third kappa shape index (κ3) is 21.7. The van der Waals surface area contributed by atoms with Gasteiger partial charge in [-0.05, 0) is 79.3 Å². The van der Waals surface area contributed by atoms with Gasteiger partial charge >= 0.3 is 5.97 Å². The highest BCUT2D eigenvalue weighted by molar-refractivity contribution is 7.80. The summed E-state index contributed by atoms with van der Waals surface area (Å²) in [6.45, 7) is 4.89. The van der Waals surface area contributed by atoms with Crippen molar-refractivity contribution >= 4 is 118 Å². The lowest BCUT2D eigenvalue weighted by atomic mass is 9.99. The number of aromatic amines is 3. The topological polar surface area (TPSA) is 449 Å². The molecule has 542 valence electrons. The van der Waals surface area contributed by atoms with Crippen LogP contribution in [0, 0.1) is 5.92 Å². The Hall–Kier alpha value is -10.5. The number of thiol groups is 2. The van der Waals surface area contributed by atoms with E-state index in [0.29, 0.717) is 28.8 Å². The fourth-order valence-electron chi connectivity index (χ4n) is 12.0. The van der Waals surface area contributed by atoms with Gasteiger partial charge in [0.1, 0.15) is 60.4 Å². The molecule has 0 radical (unpaired) electrons. The SMILES string of the molecule is CC(C)C[C@H](NC(=O)[C@H](Cc1cnc[nH]1)NC(=O)[C@H](CS)NC(=O)[C@@H](N)Cc1ccccc1)C(=O)N[C@@H](Cc1c[nH]c2ccccc12)C(=O)N[C@@H](Cc1c[nH]c2ccccc12)C(=O)N1CCC[C@H]1C(=O)N[C@@H](Cc1ccccc1)C(=O)N[C@@H](CCC(N)=O)C(=O)N[C@@H](CS)C(=O)N[C@@H](C)C(=O)O. The van der Waals surface area contributed by atoms with E-state index in [4.69, 9.17) is 11.5 Å². The Morgan fingerprint density at radius 2 is 0.980 bits per heavy atom. The number of benzene rings is 4. The predicted molar refractivity (Wildman–Crippen MR) is 386 cm³/mol. The molecule has 0 spiro atoms. The first-order chi connectivity index (χ1) is 48.9. The average Bonchev–Trinajstić information content (AvgIpc) is 1.62. The molecule has 0 aliphatic carbocycles. The number of amides is 11. The monoisotopic (exact) mass is 1440 g/mol. The van der Waals surface area contributed by atoms with Crippen molar-refractivity contribution in [2.24, 2.45) is 17.4 Å². The minimum absolute atomic E-state index is 0.0218. The zero-order chi connectivity index (χ0) is 73.6. The number of carboxylic acid groups (broad SMARTS) is 1. The van der Waals surface area contributed by atoms with Crippen molar-refractivity contribution in [1.82, 2.24) is 72.7 Å². The lowest BCUT2D eigenvalue weighted by Crippen LogP contribution is -2.61. The number of hydrogen-bond acceptors (Lipinski definition) is 16. The maximum absolute atomic E-state index is 15.6. The van der Waals surface area contributed by atoms with Gasteiger partial charge in [-0.15, -0.1) is 0 Å². The summed E-state index contributed by atoms with van der Waals surface area (Å²) in [5.41, 5.74) is 16.2. The molecule has 1 fully saturated rings. The first-order valence-corrected chi connectivity index (χ1v) is 34.8.